The van der Waals surface area contributed by atoms with Crippen LogP contribution in [0.1, 0.15) is 10.4 Å². The maximum atomic E-state index is 13.8. The summed E-state index contributed by atoms with van der Waals surface area (Å²) in [5.74, 6) is -2.42. The van der Waals surface area contributed by atoms with Crippen molar-refractivity contribution in [3.05, 3.63) is 53.6 Å². The molecule has 1 heterocycles. The minimum atomic E-state index is -1.24. The van der Waals surface area contributed by atoms with Gasteiger partial charge in [0.05, 0.1) is 11.3 Å². The molecule has 1 aromatic heterocycles. The molecule has 100 valence electrons. The third-order valence-electron chi connectivity index (χ3n) is 2.97. The van der Waals surface area contributed by atoms with Crippen molar-refractivity contribution in [1.82, 2.24) is 10.2 Å². The van der Waals surface area contributed by atoms with E-state index in [0.717, 1.165) is 6.07 Å². The number of carboxylic acid groups (broad SMARTS) is 1. The highest BCUT2D eigenvalue weighted by molar-refractivity contribution is 5.99. The molecule has 0 spiro atoms. The van der Waals surface area contributed by atoms with Gasteiger partial charge in [0.15, 0.2) is 5.82 Å². The van der Waals surface area contributed by atoms with Gasteiger partial charge < -0.3 is 5.11 Å². The largest absolute Gasteiger partial charge is 0.478 e. The van der Waals surface area contributed by atoms with Crippen LogP contribution in [0.5, 0.6) is 0 Å². The molecular formula is C14H8F2N2O2. The van der Waals surface area contributed by atoms with Gasteiger partial charge in [-0.2, -0.15) is 5.10 Å². The molecule has 20 heavy (non-hydrogen) atoms. The van der Waals surface area contributed by atoms with Gasteiger partial charge in [-0.1, -0.05) is 12.1 Å². The van der Waals surface area contributed by atoms with Crippen LogP contribution >= 0.6 is 0 Å². The summed E-state index contributed by atoms with van der Waals surface area (Å²) < 4.78 is 27.0. The average molecular weight is 274 g/mol. The van der Waals surface area contributed by atoms with Crippen molar-refractivity contribution in [3.63, 3.8) is 0 Å². The summed E-state index contributed by atoms with van der Waals surface area (Å²) in [6.45, 7) is 0. The summed E-state index contributed by atoms with van der Waals surface area (Å²) in [5, 5.41) is 15.7. The van der Waals surface area contributed by atoms with Crippen molar-refractivity contribution >= 4 is 16.9 Å². The Hall–Kier alpha value is -2.76. The number of aromatic amines is 1. The summed E-state index contributed by atoms with van der Waals surface area (Å²) in [4.78, 5) is 11.0. The molecule has 0 amide bonds. The van der Waals surface area contributed by atoms with Crippen molar-refractivity contribution in [2.45, 2.75) is 0 Å². The number of aromatic carboxylic acids is 1. The summed E-state index contributed by atoms with van der Waals surface area (Å²) in [6, 6.07) is 7.89. The number of hydrogen-bond acceptors (Lipinski definition) is 2. The third kappa shape index (κ3) is 1.91. The molecule has 2 aromatic carbocycles. The second-order valence-electron chi connectivity index (χ2n) is 4.27. The summed E-state index contributed by atoms with van der Waals surface area (Å²) >= 11 is 0. The van der Waals surface area contributed by atoms with E-state index >= 15 is 0 Å². The number of benzene rings is 2. The fourth-order valence-corrected chi connectivity index (χ4v) is 2.06. The molecular weight excluding hydrogens is 266 g/mol. The molecule has 0 aliphatic carbocycles. The lowest BCUT2D eigenvalue weighted by atomic mass is 10.1. The lowest BCUT2D eigenvalue weighted by Crippen LogP contribution is -1.97. The lowest BCUT2D eigenvalue weighted by Gasteiger charge is -2.01. The van der Waals surface area contributed by atoms with Crippen LogP contribution in [-0.4, -0.2) is 21.3 Å². The zero-order valence-electron chi connectivity index (χ0n) is 10.0. The van der Waals surface area contributed by atoms with E-state index in [1.54, 1.807) is 6.07 Å². The zero-order valence-corrected chi connectivity index (χ0v) is 10.0. The number of nitrogens with one attached hydrogen (secondary N) is 1. The molecule has 3 rings (SSSR count). The number of carboxylic acids is 1. The molecule has 0 saturated carbocycles. The monoisotopic (exact) mass is 274 g/mol. The first-order valence-electron chi connectivity index (χ1n) is 5.73. The molecule has 0 saturated heterocycles. The number of carbonyl (C=O) groups is 1. The Labute approximate surface area is 111 Å². The molecule has 4 nitrogen and oxygen atoms in total. The number of rotatable bonds is 2. The van der Waals surface area contributed by atoms with E-state index in [0.29, 0.717) is 16.6 Å². The molecule has 0 aliphatic rings. The van der Waals surface area contributed by atoms with Crippen LogP contribution in [0.25, 0.3) is 22.2 Å². The predicted molar refractivity (Wildman–Crippen MR) is 68.4 cm³/mol. The van der Waals surface area contributed by atoms with Gasteiger partial charge in [0.25, 0.3) is 0 Å². The zero-order chi connectivity index (χ0) is 14.3. The fraction of sp³-hybridized carbons (Fsp3) is 0. The minimum Gasteiger partial charge on any atom is -0.478 e. The van der Waals surface area contributed by atoms with Crippen LogP contribution < -0.4 is 0 Å². The number of hydrogen-bond donors (Lipinski definition) is 2. The van der Waals surface area contributed by atoms with E-state index in [4.69, 9.17) is 5.11 Å². The van der Waals surface area contributed by atoms with E-state index in [1.165, 1.54) is 24.3 Å². The van der Waals surface area contributed by atoms with Gasteiger partial charge in [-0.15, -0.1) is 0 Å². The Bertz CT molecular complexity index is 827. The molecule has 6 heteroatoms. The Morgan fingerprint density at radius 3 is 2.70 bits per heavy atom. The van der Waals surface area contributed by atoms with Crippen molar-refractivity contribution in [1.29, 1.82) is 0 Å². The Morgan fingerprint density at radius 2 is 2.00 bits per heavy atom. The first kappa shape index (κ1) is 12.3. The van der Waals surface area contributed by atoms with E-state index in [9.17, 15) is 13.6 Å². The summed E-state index contributed by atoms with van der Waals surface area (Å²) in [6.07, 6.45) is 0. The van der Waals surface area contributed by atoms with E-state index in [2.05, 4.69) is 10.2 Å². The molecule has 0 fully saturated rings. The molecule has 2 N–H and O–H groups in total. The lowest BCUT2D eigenvalue weighted by molar-refractivity contribution is 0.0696. The van der Waals surface area contributed by atoms with E-state index in [1.807, 2.05) is 0 Å². The van der Waals surface area contributed by atoms with E-state index < -0.39 is 17.6 Å². The van der Waals surface area contributed by atoms with Gasteiger partial charge >= 0.3 is 5.97 Å². The van der Waals surface area contributed by atoms with Gasteiger partial charge in [0, 0.05) is 10.9 Å². The maximum absolute atomic E-state index is 13.8. The van der Waals surface area contributed by atoms with Crippen LogP contribution in [-0.2, 0) is 0 Å². The van der Waals surface area contributed by atoms with Crippen molar-refractivity contribution in [2.24, 2.45) is 0 Å². The third-order valence-corrected chi connectivity index (χ3v) is 2.97. The summed E-state index contributed by atoms with van der Waals surface area (Å²) in [5.41, 5.74) is 0.680. The molecule has 0 atom stereocenters. The van der Waals surface area contributed by atoms with Crippen LogP contribution in [0.15, 0.2) is 36.4 Å². The molecule has 0 radical (unpaired) electrons. The van der Waals surface area contributed by atoms with Crippen LogP contribution in [0.4, 0.5) is 8.78 Å². The van der Waals surface area contributed by atoms with Gasteiger partial charge in [-0.05, 0) is 24.3 Å². The Morgan fingerprint density at radius 1 is 1.20 bits per heavy atom. The molecule has 0 bridgehead atoms. The van der Waals surface area contributed by atoms with Gasteiger partial charge in [0.1, 0.15) is 11.3 Å². The topological polar surface area (TPSA) is 66.0 Å². The first-order valence-corrected chi connectivity index (χ1v) is 5.73. The highest BCUT2D eigenvalue weighted by Crippen LogP contribution is 2.29. The normalized spacial score (nSPS) is 10.9. The Balaban J connectivity index is 2.29. The number of halogens is 2. The predicted octanol–water partition coefficient (Wildman–Crippen LogP) is 3.21. The van der Waals surface area contributed by atoms with Gasteiger partial charge in [-0.25, -0.2) is 13.6 Å². The average Bonchev–Trinajstić information content (AvgIpc) is 2.83. The highest BCUT2D eigenvalue weighted by Gasteiger charge is 2.15. The number of nitrogens with zero attached hydrogens (tertiary/aromatic N) is 1. The second kappa shape index (κ2) is 4.41. The van der Waals surface area contributed by atoms with Crippen molar-refractivity contribution in [3.8, 4) is 11.3 Å². The van der Waals surface area contributed by atoms with Crippen LogP contribution in [0.3, 0.4) is 0 Å². The molecule has 0 unspecified atom stereocenters. The SMILES string of the molecule is O=C(O)c1cc(F)c2n[nH]c(-c3cccc(F)c3)c2c1. The smallest absolute Gasteiger partial charge is 0.335 e. The Kier molecular flexibility index (Phi) is 2.71. The minimum absolute atomic E-state index is 0.0225. The van der Waals surface area contributed by atoms with Crippen molar-refractivity contribution < 1.29 is 18.7 Å². The fourth-order valence-electron chi connectivity index (χ4n) is 2.06. The van der Waals surface area contributed by atoms with Crippen LogP contribution in [0.2, 0.25) is 0 Å². The van der Waals surface area contributed by atoms with Gasteiger partial charge in [0.2, 0.25) is 0 Å². The van der Waals surface area contributed by atoms with E-state index in [-0.39, 0.29) is 11.1 Å². The maximum Gasteiger partial charge on any atom is 0.335 e. The number of aromatic nitrogens is 2. The standard InChI is InChI=1S/C14H8F2N2O2/c15-9-3-1-2-7(4-9)12-10-5-8(14(19)20)6-11(16)13(10)18-17-12/h1-6H,(H,17,18)(H,19,20). The molecule has 3 aromatic rings. The quantitative estimate of drug-likeness (QED) is 0.754. The van der Waals surface area contributed by atoms with Crippen LogP contribution in [0, 0.1) is 11.6 Å². The van der Waals surface area contributed by atoms with Gasteiger partial charge in [-0.3, -0.25) is 5.10 Å². The first-order chi connectivity index (χ1) is 9.56. The second-order valence-corrected chi connectivity index (χ2v) is 4.27. The highest BCUT2D eigenvalue weighted by atomic mass is 19.1. The number of fused-ring (bicyclic) bond motifs is 1. The molecule has 0 aliphatic heterocycles. The summed E-state index contributed by atoms with van der Waals surface area (Å²) in [7, 11) is 0. The van der Waals surface area contributed by atoms with Crippen molar-refractivity contribution in [2.75, 3.05) is 0 Å². The number of H-pyrrole nitrogens is 1.